The van der Waals surface area contributed by atoms with E-state index < -0.39 is 0 Å². The summed E-state index contributed by atoms with van der Waals surface area (Å²) in [7, 11) is 0. The van der Waals surface area contributed by atoms with Crippen LogP contribution < -0.4 is 5.32 Å². The molecule has 2 rings (SSSR count). The highest BCUT2D eigenvalue weighted by Gasteiger charge is 2.03. The minimum atomic E-state index is 0.768. The van der Waals surface area contributed by atoms with Crippen molar-refractivity contribution in [2.24, 2.45) is 4.99 Å². The van der Waals surface area contributed by atoms with Gasteiger partial charge < -0.3 is 5.32 Å². The summed E-state index contributed by atoms with van der Waals surface area (Å²) in [6, 6.07) is 14.4. The van der Waals surface area contributed by atoms with Crippen LogP contribution in [0.3, 0.4) is 0 Å². The van der Waals surface area contributed by atoms with Gasteiger partial charge in [0.1, 0.15) is 0 Å². The minimum Gasteiger partial charge on any atom is -0.346 e. The number of hydrogen-bond acceptors (Lipinski definition) is 1. The number of nitrogens with one attached hydrogen (secondary N) is 1. The molecule has 3 heteroatoms. The van der Waals surface area contributed by atoms with E-state index in [9.17, 15) is 0 Å². The standard InChI is InChI=1S/C19H23ClN2/c1-3-16-6-5-7-17(4-2)19(16)22-14-21-13-12-15-8-10-18(20)11-9-15/h5-11,14H,3-4,12-13H2,1-2H3,(H,21,22). The number of para-hydroxylation sites is 1. The summed E-state index contributed by atoms with van der Waals surface area (Å²) < 4.78 is 0. The molecule has 116 valence electrons. The third kappa shape index (κ3) is 4.60. The fourth-order valence-corrected chi connectivity index (χ4v) is 2.57. The molecule has 0 fully saturated rings. The number of nitrogens with zero attached hydrogens (tertiary/aromatic N) is 1. The Morgan fingerprint density at radius 3 is 2.23 bits per heavy atom. The average molecular weight is 315 g/mol. The van der Waals surface area contributed by atoms with E-state index in [0.29, 0.717) is 0 Å². The summed E-state index contributed by atoms with van der Waals surface area (Å²) in [5, 5.41) is 4.14. The van der Waals surface area contributed by atoms with Gasteiger partial charge in [-0.25, -0.2) is 0 Å². The average Bonchev–Trinajstić information content (AvgIpc) is 2.56. The third-order valence-corrected chi connectivity index (χ3v) is 3.99. The first-order chi connectivity index (χ1) is 10.7. The molecule has 0 spiro atoms. The monoisotopic (exact) mass is 314 g/mol. The summed E-state index contributed by atoms with van der Waals surface area (Å²) in [4.78, 5) is 4.47. The molecule has 0 saturated heterocycles. The first-order valence-electron chi connectivity index (χ1n) is 7.84. The molecule has 0 saturated carbocycles. The molecular weight excluding hydrogens is 292 g/mol. The molecule has 2 aromatic rings. The van der Waals surface area contributed by atoms with Crippen LogP contribution in [0.4, 0.5) is 5.69 Å². The zero-order chi connectivity index (χ0) is 15.8. The number of benzene rings is 2. The van der Waals surface area contributed by atoms with Crippen molar-refractivity contribution in [2.75, 3.05) is 11.9 Å². The van der Waals surface area contributed by atoms with Crippen molar-refractivity contribution in [2.45, 2.75) is 33.1 Å². The maximum Gasteiger partial charge on any atom is 0.0868 e. The van der Waals surface area contributed by atoms with Gasteiger partial charge in [-0.1, -0.05) is 55.8 Å². The van der Waals surface area contributed by atoms with E-state index in [1.807, 2.05) is 30.6 Å². The van der Waals surface area contributed by atoms with Crippen molar-refractivity contribution >= 4 is 23.6 Å². The van der Waals surface area contributed by atoms with Crippen molar-refractivity contribution in [3.05, 3.63) is 64.2 Å². The van der Waals surface area contributed by atoms with Gasteiger partial charge >= 0.3 is 0 Å². The maximum atomic E-state index is 5.88. The van der Waals surface area contributed by atoms with Crippen LogP contribution in [-0.2, 0) is 19.3 Å². The predicted octanol–water partition coefficient (Wildman–Crippen LogP) is 5.15. The quantitative estimate of drug-likeness (QED) is 0.555. The molecule has 0 amide bonds. The van der Waals surface area contributed by atoms with E-state index in [2.05, 4.69) is 42.4 Å². The van der Waals surface area contributed by atoms with Crippen molar-refractivity contribution in [3.8, 4) is 0 Å². The van der Waals surface area contributed by atoms with Crippen molar-refractivity contribution in [1.82, 2.24) is 0 Å². The van der Waals surface area contributed by atoms with Crippen LogP contribution in [0.5, 0.6) is 0 Å². The third-order valence-electron chi connectivity index (χ3n) is 3.74. The highest BCUT2D eigenvalue weighted by molar-refractivity contribution is 6.30. The largest absolute Gasteiger partial charge is 0.346 e. The lowest BCUT2D eigenvalue weighted by Crippen LogP contribution is -2.03. The van der Waals surface area contributed by atoms with Crippen molar-refractivity contribution in [3.63, 3.8) is 0 Å². The summed E-state index contributed by atoms with van der Waals surface area (Å²) in [5.41, 5.74) is 5.14. The normalized spacial score (nSPS) is 11.0. The molecule has 2 aromatic carbocycles. The molecule has 0 unspecified atom stereocenters. The van der Waals surface area contributed by atoms with Crippen LogP contribution in [-0.4, -0.2) is 12.9 Å². The number of aryl methyl sites for hydroxylation is 2. The Bertz CT molecular complexity index is 596. The number of halogens is 1. The molecular formula is C19H23ClN2. The van der Waals surface area contributed by atoms with Gasteiger partial charge in [0.15, 0.2) is 0 Å². The number of rotatable bonds is 7. The highest BCUT2D eigenvalue weighted by atomic mass is 35.5. The van der Waals surface area contributed by atoms with Crippen molar-refractivity contribution in [1.29, 1.82) is 0 Å². The molecule has 0 aliphatic carbocycles. The molecule has 0 atom stereocenters. The Labute approximate surface area is 138 Å². The van der Waals surface area contributed by atoms with E-state index in [0.717, 1.165) is 30.8 Å². The first-order valence-corrected chi connectivity index (χ1v) is 8.22. The topological polar surface area (TPSA) is 24.4 Å². The molecule has 1 N–H and O–H groups in total. The molecule has 0 radical (unpaired) electrons. The van der Waals surface area contributed by atoms with Gasteiger partial charge in [0.05, 0.1) is 6.34 Å². The van der Waals surface area contributed by atoms with Gasteiger partial charge in [-0.15, -0.1) is 0 Å². The number of aliphatic imine (C=N–C) groups is 1. The van der Waals surface area contributed by atoms with Gasteiger partial charge in [-0.3, -0.25) is 4.99 Å². The fraction of sp³-hybridized carbons (Fsp3) is 0.316. The van der Waals surface area contributed by atoms with Crippen LogP contribution in [0.25, 0.3) is 0 Å². The summed E-state index contributed by atoms with van der Waals surface area (Å²) in [6.45, 7) is 5.12. The highest BCUT2D eigenvalue weighted by Crippen LogP contribution is 2.21. The first kappa shape index (κ1) is 16.6. The predicted molar refractivity (Wildman–Crippen MR) is 97.3 cm³/mol. The Morgan fingerprint density at radius 2 is 1.64 bits per heavy atom. The van der Waals surface area contributed by atoms with E-state index in [1.165, 1.54) is 22.4 Å². The molecule has 2 nitrogen and oxygen atoms in total. The van der Waals surface area contributed by atoms with Crippen LogP contribution in [0.1, 0.15) is 30.5 Å². The van der Waals surface area contributed by atoms with Crippen LogP contribution in [0.15, 0.2) is 47.5 Å². The molecule has 0 heterocycles. The van der Waals surface area contributed by atoms with Gasteiger partial charge in [0.25, 0.3) is 0 Å². The maximum absolute atomic E-state index is 5.88. The Hall–Kier alpha value is -1.80. The lowest BCUT2D eigenvalue weighted by molar-refractivity contribution is 0.972. The molecule has 0 aliphatic heterocycles. The van der Waals surface area contributed by atoms with E-state index in [4.69, 9.17) is 11.6 Å². The van der Waals surface area contributed by atoms with Gasteiger partial charge in [-0.2, -0.15) is 0 Å². The van der Waals surface area contributed by atoms with Crippen LogP contribution >= 0.6 is 11.6 Å². The van der Waals surface area contributed by atoms with E-state index in [1.54, 1.807) is 0 Å². The second kappa shape index (κ2) is 8.60. The second-order valence-electron chi connectivity index (χ2n) is 5.21. The number of hydrogen-bond donors (Lipinski definition) is 1. The summed E-state index contributed by atoms with van der Waals surface area (Å²) in [5.74, 6) is 0. The molecule has 0 aromatic heterocycles. The minimum absolute atomic E-state index is 0.768. The lowest BCUT2D eigenvalue weighted by atomic mass is 10.0. The van der Waals surface area contributed by atoms with Crippen molar-refractivity contribution < 1.29 is 0 Å². The smallest absolute Gasteiger partial charge is 0.0868 e. The van der Waals surface area contributed by atoms with Gasteiger partial charge in [0, 0.05) is 17.3 Å². The molecule has 0 aliphatic rings. The fourth-order valence-electron chi connectivity index (χ4n) is 2.45. The number of anilines is 1. The van der Waals surface area contributed by atoms with E-state index >= 15 is 0 Å². The molecule has 0 bridgehead atoms. The van der Waals surface area contributed by atoms with Gasteiger partial charge in [0.2, 0.25) is 0 Å². The van der Waals surface area contributed by atoms with Crippen LogP contribution in [0, 0.1) is 0 Å². The van der Waals surface area contributed by atoms with Crippen LogP contribution in [0.2, 0.25) is 5.02 Å². The summed E-state index contributed by atoms with van der Waals surface area (Å²) in [6.07, 6.45) is 4.79. The van der Waals surface area contributed by atoms with E-state index in [-0.39, 0.29) is 0 Å². The lowest BCUT2D eigenvalue weighted by Gasteiger charge is -2.12. The SMILES string of the molecule is CCc1cccc(CC)c1NC=NCCc1ccc(Cl)cc1. The Morgan fingerprint density at radius 1 is 1.00 bits per heavy atom. The second-order valence-corrected chi connectivity index (χ2v) is 5.65. The zero-order valence-electron chi connectivity index (χ0n) is 13.3. The Kier molecular flexibility index (Phi) is 6.47. The molecule has 22 heavy (non-hydrogen) atoms. The Balaban J connectivity index is 1.91. The summed E-state index contributed by atoms with van der Waals surface area (Å²) >= 11 is 5.88. The zero-order valence-corrected chi connectivity index (χ0v) is 14.0. The van der Waals surface area contributed by atoms with Gasteiger partial charge in [-0.05, 0) is 48.1 Å².